The van der Waals surface area contributed by atoms with Gasteiger partial charge in [0.15, 0.2) is 6.10 Å². The summed E-state index contributed by atoms with van der Waals surface area (Å²) in [5, 5.41) is 0.785. The van der Waals surface area contributed by atoms with E-state index in [2.05, 4.69) is 4.98 Å². The zero-order valence-corrected chi connectivity index (χ0v) is 13.9. The Balaban J connectivity index is 1.78. The van der Waals surface area contributed by atoms with E-state index in [0.717, 1.165) is 22.0 Å². The molecule has 0 radical (unpaired) electrons. The van der Waals surface area contributed by atoms with E-state index in [1.165, 1.54) is 0 Å². The molecule has 0 saturated carbocycles. The van der Waals surface area contributed by atoms with Crippen LogP contribution in [0.25, 0.3) is 10.9 Å². The van der Waals surface area contributed by atoms with Crippen molar-refractivity contribution in [3.05, 3.63) is 70.9 Å². The molecule has 3 aromatic rings. The van der Waals surface area contributed by atoms with E-state index in [0.29, 0.717) is 11.1 Å². The summed E-state index contributed by atoms with van der Waals surface area (Å²) >= 11 is 0. The molecule has 3 rings (SSSR count). The van der Waals surface area contributed by atoms with Crippen molar-refractivity contribution in [1.82, 2.24) is 4.98 Å². The highest BCUT2D eigenvalue weighted by atomic mass is 16.5. The zero-order valence-electron chi connectivity index (χ0n) is 13.9. The Kier molecular flexibility index (Phi) is 4.21. The van der Waals surface area contributed by atoms with E-state index in [-0.39, 0.29) is 5.78 Å². The van der Waals surface area contributed by atoms with E-state index in [9.17, 15) is 9.59 Å². The summed E-state index contributed by atoms with van der Waals surface area (Å²) in [6.45, 7) is 5.54. The van der Waals surface area contributed by atoms with Crippen molar-refractivity contribution in [2.45, 2.75) is 26.9 Å². The van der Waals surface area contributed by atoms with Gasteiger partial charge in [0.25, 0.3) is 0 Å². The van der Waals surface area contributed by atoms with Gasteiger partial charge in [0.2, 0.25) is 5.78 Å². The lowest BCUT2D eigenvalue weighted by molar-refractivity contribution is 0.0321. The summed E-state index contributed by atoms with van der Waals surface area (Å²) in [6, 6.07) is 13.0. The molecule has 0 fully saturated rings. The highest BCUT2D eigenvalue weighted by Gasteiger charge is 2.22. The number of para-hydroxylation sites is 1. The number of carbonyl (C=O) groups excluding carboxylic acids is 2. The quantitative estimate of drug-likeness (QED) is 0.578. The van der Waals surface area contributed by atoms with Gasteiger partial charge in [-0.25, -0.2) is 4.79 Å². The normalized spacial score (nSPS) is 12.1. The molecule has 1 N–H and O–H groups in total. The van der Waals surface area contributed by atoms with Crippen LogP contribution in [0.15, 0.2) is 48.7 Å². The molecule has 0 bridgehead atoms. The lowest BCUT2D eigenvalue weighted by Gasteiger charge is -2.13. The molecule has 24 heavy (non-hydrogen) atoms. The minimum atomic E-state index is -0.840. The van der Waals surface area contributed by atoms with Crippen LogP contribution >= 0.6 is 0 Å². The first kappa shape index (κ1) is 16.0. The van der Waals surface area contributed by atoms with Gasteiger partial charge in [-0.1, -0.05) is 30.3 Å². The third kappa shape index (κ3) is 2.95. The fourth-order valence-corrected chi connectivity index (χ4v) is 2.65. The summed E-state index contributed by atoms with van der Waals surface area (Å²) in [7, 11) is 0. The molecular weight excluding hydrogens is 302 g/mol. The minimum absolute atomic E-state index is 0.203. The lowest BCUT2D eigenvalue weighted by atomic mass is 10.0. The van der Waals surface area contributed by atoms with Gasteiger partial charge in [-0.3, -0.25) is 4.79 Å². The second-order valence-corrected chi connectivity index (χ2v) is 5.96. The Morgan fingerprint density at radius 2 is 1.79 bits per heavy atom. The highest BCUT2D eigenvalue weighted by molar-refractivity contribution is 6.06. The van der Waals surface area contributed by atoms with Gasteiger partial charge < -0.3 is 9.72 Å². The fraction of sp³-hybridized carbons (Fsp3) is 0.200. The first-order valence-corrected chi connectivity index (χ1v) is 7.86. The number of hydrogen-bond acceptors (Lipinski definition) is 3. The van der Waals surface area contributed by atoms with Crippen LogP contribution in [0.1, 0.15) is 38.8 Å². The SMILES string of the molecule is Cc1ccc(C(=O)[C@H](C)OC(=O)c2c[nH]c3ccccc23)cc1C. The van der Waals surface area contributed by atoms with Crippen LogP contribution in [-0.4, -0.2) is 22.8 Å². The topological polar surface area (TPSA) is 59.2 Å². The third-order valence-electron chi connectivity index (χ3n) is 4.25. The molecule has 0 amide bonds. The number of aromatic nitrogens is 1. The number of carbonyl (C=O) groups is 2. The molecule has 0 saturated heterocycles. The van der Waals surface area contributed by atoms with Crippen molar-refractivity contribution < 1.29 is 14.3 Å². The highest BCUT2D eigenvalue weighted by Crippen LogP contribution is 2.20. The van der Waals surface area contributed by atoms with Crippen LogP contribution in [0.2, 0.25) is 0 Å². The van der Waals surface area contributed by atoms with Gasteiger partial charge >= 0.3 is 5.97 Å². The number of H-pyrrole nitrogens is 1. The van der Waals surface area contributed by atoms with Crippen LogP contribution in [0, 0.1) is 13.8 Å². The van der Waals surface area contributed by atoms with Crippen LogP contribution in [0.5, 0.6) is 0 Å². The number of aryl methyl sites for hydroxylation is 2. The van der Waals surface area contributed by atoms with Gasteiger partial charge in [0, 0.05) is 22.7 Å². The maximum atomic E-state index is 12.5. The molecule has 2 aromatic carbocycles. The number of ether oxygens (including phenoxy) is 1. The minimum Gasteiger partial charge on any atom is -0.451 e. The maximum Gasteiger partial charge on any atom is 0.341 e. The standard InChI is InChI=1S/C20H19NO3/c1-12-8-9-15(10-13(12)2)19(22)14(3)24-20(23)17-11-21-18-7-5-4-6-16(17)18/h4-11,14,21H,1-3H3/t14-/m0/s1. The number of ketones is 1. The fourth-order valence-electron chi connectivity index (χ4n) is 2.65. The first-order valence-electron chi connectivity index (χ1n) is 7.86. The number of rotatable bonds is 4. The van der Waals surface area contributed by atoms with Crippen LogP contribution in [0.3, 0.4) is 0 Å². The van der Waals surface area contributed by atoms with Crippen molar-refractivity contribution in [3.63, 3.8) is 0 Å². The Labute approximate surface area is 140 Å². The van der Waals surface area contributed by atoms with Gasteiger partial charge in [0.1, 0.15) is 0 Å². The van der Waals surface area contributed by atoms with Gasteiger partial charge in [0.05, 0.1) is 5.56 Å². The molecule has 0 aliphatic carbocycles. The van der Waals surface area contributed by atoms with E-state index in [4.69, 9.17) is 4.74 Å². The number of benzene rings is 2. The van der Waals surface area contributed by atoms with Gasteiger partial charge in [-0.05, 0) is 44.0 Å². The molecule has 1 atom stereocenters. The number of nitrogens with one attached hydrogen (secondary N) is 1. The molecule has 1 aromatic heterocycles. The summed E-state index contributed by atoms with van der Waals surface area (Å²) in [5.74, 6) is -0.705. The van der Waals surface area contributed by atoms with Gasteiger partial charge in [-0.2, -0.15) is 0 Å². The number of hydrogen-bond donors (Lipinski definition) is 1. The van der Waals surface area contributed by atoms with Crippen molar-refractivity contribution in [3.8, 4) is 0 Å². The summed E-state index contributed by atoms with van der Waals surface area (Å²) in [5.41, 5.74) is 4.01. The summed E-state index contributed by atoms with van der Waals surface area (Å²) < 4.78 is 5.38. The smallest absolute Gasteiger partial charge is 0.341 e. The molecular formula is C20H19NO3. The Bertz CT molecular complexity index is 924. The number of aromatic amines is 1. The van der Waals surface area contributed by atoms with E-state index < -0.39 is 12.1 Å². The van der Waals surface area contributed by atoms with Crippen LogP contribution < -0.4 is 0 Å². The largest absolute Gasteiger partial charge is 0.451 e. The van der Waals surface area contributed by atoms with E-state index in [1.807, 2.05) is 50.2 Å². The lowest BCUT2D eigenvalue weighted by Crippen LogP contribution is -2.24. The predicted molar refractivity (Wildman–Crippen MR) is 93.4 cm³/mol. The second kappa shape index (κ2) is 6.32. The third-order valence-corrected chi connectivity index (χ3v) is 4.25. The monoisotopic (exact) mass is 321 g/mol. The average Bonchev–Trinajstić information content (AvgIpc) is 3.00. The van der Waals surface area contributed by atoms with Crippen molar-refractivity contribution in [2.75, 3.05) is 0 Å². The Hall–Kier alpha value is -2.88. The maximum absolute atomic E-state index is 12.5. The Morgan fingerprint density at radius 1 is 1.04 bits per heavy atom. The Morgan fingerprint density at radius 3 is 2.54 bits per heavy atom. The molecule has 4 heteroatoms. The van der Waals surface area contributed by atoms with E-state index >= 15 is 0 Å². The molecule has 0 aliphatic rings. The second-order valence-electron chi connectivity index (χ2n) is 5.96. The molecule has 122 valence electrons. The predicted octanol–water partition coefficient (Wildman–Crippen LogP) is 4.21. The number of esters is 1. The van der Waals surface area contributed by atoms with Crippen molar-refractivity contribution in [1.29, 1.82) is 0 Å². The van der Waals surface area contributed by atoms with Crippen molar-refractivity contribution >= 4 is 22.7 Å². The zero-order chi connectivity index (χ0) is 17.3. The summed E-state index contributed by atoms with van der Waals surface area (Å²) in [4.78, 5) is 27.9. The first-order chi connectivity index (χ1) is 11.5. The van der Waals surface area contributed by atoms with Crippen molar-refractivity contribution in [2.24, 2.45) is 0 Å². The van der Waals surface area contributed by atoms with E-state index in [1.54, 1.807) is 19.2 Å². The van der Waals surface area contributed by atoms with Gasteiger partial charge in [-0.15, -0.1) is 0 Å². The molecule has 0 spiro atoms. The molecule has 0 aliphatic heterocycles. The molecule has 4 nitrogen and oxygen atoms in total. The number of fused-ring (bicyclic) bond motifs is 1. The average molecular weight is 321 g/mol. The molecule has 0 unspecified atom stereocenters. The molecule has 1 heterocycles. The number of Topliss-reactive ketones (excluding diaryl/α,β-unsaturated/α-hetero) is 1. The summed E-state index contributed by atoms with van der Waals surface area (Å²) in [6.07, 6.45) is 0.772. The van der Waals surface area contributed by atoms with Crippen LogP contribution in [-0.2, 0) is 4.74 Å². The van der Waals surface area contributed by atoms with Crippen LogP contribution in [0.4, 0.5) is 0 Å².